The van der Waals surface area contributed by atoms with Crippen LogP contribution in [0.25, 0.3) is 66.1 Å². The van der Waals surface area contributed by atoms with Gasteiger partial charge in [-0.3, -0.25) is 0 Å². The van der Waals surface area contributed by atoms with Crippen molar-refractivity contribution in [3.63, 3.8) is 0 Å². The van der Waals surface area contributed by atoms with E-state index in [1.807, 2.05) is 0 Å². The van der Waals surface area contributed by atoms with Crippen molar-refractivity contribution in [1.29, 1.82) is 0 Å². The van der Waals surface area contributed by atoms with Gasteiger partial charge in [-0.05, 0) is 129 Å². The van der Waals surface area contributed by atoms with Gasteiger partial charge in [0.2, 0.25) is 0 Å². The van der Waals surface area contributed by atoms with Crippen LogP contribution in [-0.4, -0.2) is 23.9 Å². The van der Waals surface area contributed by atoms with Crippen LogP contribution in [0.1, 0.15) is 105 Å². The van der Waals surface area contributed by atoms with Crippen LogP contribution in [0, 0.1) is 0 Å². The minimum Gasteiger partial charge on any atom is -0.310 e. The minimum atomic E-state index is -2.89. The normalized spacial score (nSPS) is 15.5. The van der Waals surface area contributed by atoms with Gasteiger partial charge in [0.15, 0.2) is 8.07 Å². The first-order valence-electron chi connectivity index (χ1n) is 23.0. The number of rotatable bonds is 0. The molecule has 13 rings (SSSR count). The summed E-state index contributed by atoms with van der Waals surface area (Å²) in [5.74, 6) is 0. The molecule has 304 valence electrons. The van der Waals surface area contributed by atoms with Crippen LogP contribution >= 0.6 is 0 Å². The van der Waals surface area contributed by atoms with Gasteiger partial charge in [0.1, 0.15) is 0 Å². The molecular weight excluding hydrogens is 764 g/mol. The van der Waals surface area contributed by atoms with Gasteiger partial charge >= 0.3 is 0 Å². The van der Waals surface area contributed by atoms with Crippen molar-refractivity contribution in [3.8, 4) is 22.5 Å². The van der Waals surface area contributed by atoms with E-state index in [4.69, 9.17) is 0 Å². The van der Waals surface area contributed by atoms with Crippen LogP contribution in [-0.2, 0) is 21.7 Å². The standard InChI is InChI=1S/C58H55BN2Si/c1-55(2,3)32-21-22-44-38(25-32)39-26-33(56(4,5)6)29-42-51(39)60(44)45-23-24-48-54-50(45)59(42)43-30-34(57(7,8)9)27-40-41-28-35(58(10,11)12)31-49(53(41)61(54)52(40)43)62(48)46-19-15-13-17-36(46)37-18-14-16-20-47(37)62/h13-31H,1-12H3. The third kappa shape index (κ3) is 4.28. The Hall–Kier alpha value is -5.58. The summed E-state index contributed by atoms with van der Waals surface area (Å²) in [5, 5.41) is 11.7. The largest absolute Gasteiger partial charge is 0.310 e. The van der Waals surface area contributed by atoms with Gasteiger partial charge in [-0.1, -0.05) is 162 Å². The number of fused-ring (bicyclic) bond motifs is 14. The van der Waals surface area contributed by atoms with Crippen LogP contribution < -0.4 is 37.1 Å². The summed E-state index contributed by atoms with van der Waals surface area (Å²) in [5.41, 5.74) is 21.1. The fourth-order valence-electron chi connectivity index (χ4n) is 12.5. The molecule has 0 atom stereocenters. The molecule has 2 aromatic heterocycles. The minimum absolute atomic E-state index is 0.0320. The highest BCUT2D eigenvalue weighted by Gasteiger charge is 2.56. The third-order valence-corrected chi connectivity index (χ3v) is 20.6. The molecule has 0 amide bonds. The fraction of sp³-hybridized carbons (Fsp3) is 0.276. The van der Waals surface area contributed by atoms with Crippen molar-refractivity contribution in [2.75, 3.05) is 0 Å². The summed E-state index contributed by atoms with van der Waals surface area (Å²) >= 11 is 0. The van der Waals surface area contributed by atoms with Crippen molar-refractivity contribution in [2.45, 2.75) is 105 Å². The van der Waals surface area contributed by atoms with E-state index in [9.17, 15) is 0 Å². The molecule has 4 aliphatic heterocycles. The molecule has 1 spiro atoms. The first kappa shape index (κ1) is 37.0. The Kier molecular flexibility index (Phi) is 6.65. The first-order valence-corrected chi connectivity index (χ1v) is 25.0. The summed E-state index contributed by atoms with van der Waals surface area (Å²) in [6, 6.07) is 47.2. The number of aromatic nitrogens is 2. The lowest BCUT2D eigenvalue weighted by Gasteiger charge is -2.43. The molecule has 4 aliphatic rings. The van der Waals surface area contributed by atoms with Crippen molar-refractivity contribution >= 4 is 95.5 Å². The first-order chi connectivity index (χ1) is 29.3. The van der Waals surface area contributed by atoms with Gasteiger partial charge in [0.25, 0.3) is 6.71 Å². The van der Waals surface area contributed by atoms with E-state index in [0.29, 0.717) is 0 Å². The highest BCUT2D eigenvalue weighted by Crippen LogP contribution is 2.45. The fourth-order valence-corrected chi connectivity index (χ4v) is 18.1. The summed E-state index contributed by atoms with van der Waals surface area (Å²) in [4.78, 5) is 0. The van der Waals surface area contributed by atoms with Crippen molar-refractivity contribution in [1.82, 2.24) is 9.13 Å². The van der Waals surface area contributed by atoms with Crippen LogP contribution in [0.2, 0.25) is 0 Å². The van der Waals surface area contributed by atoms with E-state index in [1.165, 1.54) is 115 Å². The predicted molar refractivity (Wildman–Crippen MR) is 271 cm³/mol. The highest BCUT2D eigenvalue weighted by molar-refractivity contribution is 7.24. The number of hydrogen-bond donors (Lipinski definition) is 0. The molecule has 0 unspecified atom stereocenters. The molecule has 0 saturated carbocycles. The quantitative estimate of drug-likeness (QED) is 0.135. The van der Waals surface area contributed by atoms with E-state index >= 15 is 0 Å². The zero-order valence-corrected chi connectivity index (χ0v) is 39.4. The average Bonchev–Trinajstić information content (AvgIpc) is 3.84. The molecule has 7 aromatic carbocycles. The molecule has 0 aliphatic carbocycles. The second-order valence-electron chi connectivity index (χ2n) is 23.4. The van der Waals surface area contributed by atoms with Crippen LogP contribution in [0.3, 0.4) is 0 Å². The number of hydrogen-bond acceptors (Lipinski definition) is 0. The van der Waals surface area contributed by atoms with Gasteiger partial charge in [-0.25, -0.2) is 0 Å². The molecule has 4 heteroatoms. The monoisotopic (exact) mass is 818 g/mol. The van der Waals surface area contributed by atoms with Gasteiger partial charge in [-0.15, -0.1) is 0 Å². The van der Waals surface area contributed by atoms with Crippen LogP contribution in [0.4, 0.5) is 0 Å². The molecule has 0 radical (unpaired) electrons. The Morgan fingerprint density at radius 1 is 0.403 bits per heavy atom. The van der Waals surface area contributed by atoms with E-state index in [2.05, 4.69) is 207 Å². The second kappa shape index (κ2) is 11.1. The molecule has 0 N–H and O–H groups in total. The van der Waals surface area contributed by atoms with Gasteiger partial charge < -0.3 is 9.13 Å². The molecule has 0 fully saturated rings. The maximum atomic E-state index is 2.81. The van der Waals surface area contributed by atoms with E-state index in [-0.39, 0.29) is 28.4 Å². The predicted octanol–water partition coefficient (Wildman–Crippen LogP) is 9.88. The molecule has 2 nitrogen and oxygen atoms in total. The number of benzene rings is 7. The summed E-state index contributed by atoms with van der Waals surface area (Å²) in [7, 11) is -2.89. The average molecular weight is 819 g/mol. The number of nitrogens with zero attached hydrogens (tertiary/aromatic N) is 2. The van der Waals surface area contributed by atoms with E-state index in [0.717, 1.165) is 0 Å². The maximum absolute atomic E-state index is 2.89. The zero-order valence-electron chi connectivity index (χ0n) is 38.4. The van der Waals surface area contributed by atoms with E-state index in [1.54, 1.807) is 10.4 Å². The van der Waals surface area contributed by atoms with Gasteiger partial charge in [0.05, 0.1) is 11.0 Å². The summed E-state index contributed by atoms with van der Waals surface area (Å²) < 4.78 is 5.49. The third-order valence-electron chi connectivity index (χ3n) is 15.7. The van der Waals surface area contributed by atoms with Crippen molar-refractivity contribution < 1.29 is 0 Å². The SMILES string of the molecule is CC(C)(C)c1ccc2c(c1)c1cc(C(C)(C)C)cc3c1n2-c1ccc2c4c1B3c1cc(C(C)(C)C)cc3c5cc(C(C)(C)C)cc(c5n-4c13)[Si]21c2ccccc2-c2ccccc21. The Labute approximate surface area is 367 Å². The molecule has 0 bridgehead atoms. The maximum Gasteiger partial charge on any atom is 0.252 e. The molecule has 6 heterocycles. The molecule has 62 heavy (non-hydrogen) atoms. The van der Waals surface area contributed by atoms with Crippen LogP contribution in [0.15, 0.2) is 115 Å². The second-order valence-corrected chi connectivity index (χ2v) is 27.1. The Morgan fingerprint density at radius 3 is 1.45 bits per heavy atom. The molecular formula is C58H55BN2Si. The lowest BCUT2D eigenvalue weighted by atomic mass is 9.34. The Morgan fingerprint density at radius 2 is 0.887 bits per heavy atom. The Bertz CT molecular complexity index is 3520. The van der Waals surface area contributed by atoms with Crippen LogP contribution in [0.5, 0.6) is 0 Å². The van der Waals surface area contributed by atoms with Crippen molar-refractivity contribution in [3.05, 3.63) is 138 Å². The lowest BCUT2D eigenvalue weighted by Crippen LogP contribution is -2.77. The molecule has 9 aromatic rings. The van der Waals surface area contributed by atoms with E-state index < -0.39 is 8.07 Å². The zero-order chi connectivity index (χ0) is 42.9. The smallest absolute Gasteiger partial charge is 0.252 e. The molecule has 0 saturated heterocycles. The van der Waals surface area contributed by atoms with Gasteiger partial charge in [-0.2, -0.15) is 0 Å². The highest BCUT2D eigenvalue weighted by atomic mass is 28.3. The Balaban J connectivity index is 1.31. The lowest BCUT2D eigenvalue weighted by molar-refractivity contribution is 0.590. The summed E-state index contributed by atoms with van der Waals surface area (Å²) in [6.45, 7) is 28.8. The topological polar surface area (TPSA) is 9.86 Å². The summed E-state index contributed by atoms with van der Waals surface area (Å²) in [6.07, 6.45) is 0. The van der Waals surface area contributed by atoms with Crippen molar-refractivity contribution in [2.24, 2.45) is 0 Å². The van der Waals surface area contributed by atoms with Gasteiger partial charge in [0, 0.05) is 44.0 Å².